The van der Waals surface area contributed by atoms with Crippen LogP contribution in [0.3, 0.4) is 0 Å². The van der Waals surface area contributed by atoms with E-state index in [1.54, 1.807) is 23.5 Å². The minimum Gasteiger partial charge on any atom is -0.203 e. The number of hydrogen-bond donors (Lipinski definition) is 0. The summed E-state index contributed by atoms with van der Waals surface area (Å²) in [5.41, 5.74) is 2.63. The molecule has 0 spiro atoms. The summed E-state index contributed by atoms with van der Waals surface area (Å²) >= 11 is 1.60. The van der Waals surface area contributed by atoms with E-state index < -0.39 is 11.6 Å². The summed E-state index contributed by atoms with van der Waals surface area (Å²) in [5.74, 6) is -0.748. The molecule has 3 aromatic rings. The molecule has 1 heterocycles. The maximum absolute atomic E-state index is 14.9. The molecular formula is C25H26F2S. The topological polar surface area (TPSA) is 0 Å². The first-order valence-electron chi connectivity index (χ1n) is 10.3. The summed E-state index contributed by atoms with van der Waals surface area (Å²) in [6.07, 6.45) is 8.37. The molecule has 3 heteroatoms. The highest BCUT2D eigenvalue weighted by molar-refractivity contribution is 7.15. The van der Waals surface area contributed by atoms with Gasteiger partial charge in [-0.1, -0.05) is 69.4 Å². The molecule has 1 fully saturated rings. The first-order valence-corrected chi connectivity index (χ1v) is 11.1. The van der Waals surface area contributed by atoms with Gasteiger partial charge in [0.25, 0.3) is 0 Å². The van der Waals surface area contributed by atoms with Crippen LogP contribution in [0.2, 0.25) is 0 Å². The number of thiophene rings is 1. The van der Waals surface area contributed by atoms with E-state index in [0.29, 0.717) is 11.1 Å². The minimum absolute atomic E-state index is 0.326. The summed E-state index contributed by atoms with van der Waals surface area (Å²) in [4.78, 5) is 2.09. The molecule has 146 valence electrons. The van der Waals surface area contributed by atoms with Crippen LogP contribution >= 0.6 is 11.3 Å². The summed E-state index contributed by atoms with van der Waals surface area (Å²) in [6.45, 7) is 2.13. The van der Waals surface area contributed by atoms with Gasteiger partial charge in [-0.2, -0.15) is 0 Å². The first-order chi connectivity index (χ1) is 13.7. The van der Waals surface area contributed by atoms with Gasteiger partial charge < -0.3 is 0 Å². The standard InChI is InChI=1S/C25H26F2S/c1-2-5-17-8-10-19(11-9-17)21-13-14-22(25(27)24(21)26)23-15-12-20(28-23)16-18-6-3-4-7-18/h8-15,18H,2-7,16H2,1H3. The Morgan fingerprint density at radius 2 is 1.54 bits per heavy atom. The molecule has 1 aromatic heterocycles. The lowest BCUT2D eigenvalue weighted by atomic mass is 9.99. The molecule has 1 aliphatic carbocycles. The first kappa shape index (κ1) is 19.3. The maximum atomic E-state index is 14.9. The fourth-order valence-corrected chi connectivity index (χ4v) is 5.38. The van der Waals surface area contributed by atoms with Crippen molar-refractivity contribution < 1.29 is 8.78 Å². The SMILES string of the molecule is CCCc1ccc(-c2ccc(-c3ccc(CC4CCCC4)s3)c(F)c2F)cc1. The Kier molecular flexibility index (Phi) is 5.91. The molecule has 4 rings (SSSR count). The Bertz CT molecular complexity index is 934. The van der Waals surface area contributed by atoms with Crippen molar-refractivity contribution in [1.29, 1.82) is 0 Å². The van der Waals surface area contributed by atoms with Gasteiger partial charge in [-0.25, -0.2) is 8.78 Å². The quantitative estimate of drug-likeness (QED) is 0.395. The Morgan fingerprint density at radius 3 is 2.25 bits per heavy atom. The lowest BCUT2D eigenvalue weighted by molar-refractivity contribution is 0.514. The minimum atomic E-state index is -0.758. The van der Waals surface area contributed by atoms with Crippen molar-refractivity contribution in [2.24, 2.45) is 5.92 Å². The zero-order valence-corrected chi connectivity index (χ0v) is 17.1. The monoisotopic (exact) mass is 396 g/mol. The van der Waals surface area contributed by atoms with Crippen LogP contribution in [0.15, 0.2) is 48.5 Å². The predicted molar refractivity (Wildman–Crippen MR) is 115 cm³/mol. The molecule has 2 aromatic carbocycles. The van der Waals surface area contributed by atoms with Crippen molar-refractivity contribution in [3.63, 3.8) is 0 Å². The van der Waals surface area contributed by atoms with Gasteiger partial charge >= 0.3 is 0 Å². The molecule has 0 nitrogen and oxygen atoms in total. The molecule has 0 atom stereocenters. The average Bonchev–Trinajstić information content (AvgIpc) is 3.38. The van der Waals surface area contributed by atoms with Crippen LogP contribution in [0.5, 0.6) is 0 Å². The number of hydrogen-bond acceptors (Lipinski definition) is 1. The number of halogens is 2. The van der Waals surface area contributed by atoms with Gasteiger partial charge in [0.2, 0.25) is 0 Å². The highest BCUT2D eigenvalue weighted by atomic mass is 32.1. The molecular weight excluding hydrogens is 370 g/mol. The molecule has 1 saturated carbocycles. The Balaban J connectivity index is 1.58. The second-order valence-electron chi connectivity index (χ2n) is 7.86. The van der Waals surface area contributed by atoms with Crippen LogP contribution < -0.4 is 0 Å². The van der Waals surface area contributed by atoms with E-state index in [1.807, 2.05) is 30.3 Å². The van der Waals surface area contributed by atoms with Crippen molar-refractivity contribution in [3.05, 3.63) is 70.6 Å². The molecule has 1 aliphatic rings. The van der Waals surface area contributed by atoms with Crippen LogP contribution in [-0.2, 0) is 12.8 Å². The number of rotatable bonds is 6. The smallest absolute Gasteiger partial charge is 0.168 e. The van der Waals surface area contributed by atoms with Crippen molar-refractivity contribution in [2.75, 3.05) is 0 Å². The van der Waals surface area contributed by atoms with E-state index >= 15 is 0 Å². The fraction of sp³-hybridized carbons (Fsp3) is 0.360. The van der Waals surface area contributed by atoms with Gasteiger partial charge in [-0.15, -0.1) is 11.3 Å². The molecule has 0 unspecified atom stereocenters. The van der Waals surface area contributed by atoms with Crippen LogP contribution in [-0.4, -0.2) is 0 Å². The zero-order valence-electron chi connectivity index (χ0n) is 16.3. The molecule has 28 heavy (non-hydrogen) atoms. The van der Waals surface area contributed by atoms with Crippen LogP contribution in [0.4, 0.5) is 8.78 Å². The third-order valence-corrected chi connectivity index (χ3v) is 6.92. The molecule has 0 radical (unpaired) electrons. The number of aryl methyl sites for hydroxylation is 1. The van der Waals surface area contributed by atoms with E-state index in [-0.39, 0.29) is 0 Å². The van der Waals surface area contributed by atoms with Gasteiger partial charge in [0.05, 0.1) is 0 Å². The van der Waals surface area contributed by atoms with E-state index in [2.05, 4.69) is 13.0 Å². The van der Waals surface area contributed by atoms with Gasteiger partial charge in [0.1, 0.15) is 0 Å². The fourth-order valence-electron chi connectivity index (χ4n) is 4.23. The van der Waals surface area contributed by atoms with Crippen molar-refractivity contribution in [2.45, 2.75) is 51.9 Å². The van der Waals surface area contributed by atoms with Crippen LogP contribution in [0.1, 0.15) is 49.5 Å². The maximum Gasteiger partial charge on any atom is 0.168 e. The van der Waals surface area contributed by atoms with Crippen LogP contribution in [0.25, 0.3) is 21.6 Å². The third-order valence-electron chi connectivity index (χ3n) is 5.78. The highest BCUT2D eigenvalue weighted by Gasteiger charge is 2.19. The summed E-state index contributed by atoms with van der Waals surface area (Å²) in [6, 6.07) is 15.2. The summed E-state index contributed by atoms with van der Waals surface area (Å²) in [7, 11) is 0. The second-order valence-corrected chi connectivity index (χ2v) is 9.02. The van der Waals surface area contributed by atoms with E-state index in [4.69, 9.17) is 0 Å². The lowest BCUT2D eigenvalue weighted by Crippen LogP contribution is -1.95. The van der Waals surface area contributed by atoms with Gasteiger partial charge in [0.15, 0.2) is 11.6 Å². The van der Waals surface area contributed by atoms with Gasteiger partial charge in [0, 0.05) is 20.9 Å². The van der Waals surface area contributed by atoms with Crippen molar-refractivity contribution in [1.82, 2.24) is 0 Å². The molecule has 0 bridgehead atoms. The Morgan fingerprint density at radius 1 is 0.857 bits per heavy atom. The third kappa shape index (κ3) is 4.05. The summed E-state index contributed by atoms with van der Waals surface area (Å²) in [5, 5.41) is 0. The molecule has 0 aliphatic heterocycles. The second kappa shape index (κ2) is 8.57. The zero-order chi connectivity index (χ0) is 19.5. The van der Waals surface area contributed by atoms with Crippen molar-refractivity contribution in [3.8, 4) is 21.6 Å². The van der Waals surface area contributed by atoms with Crippen molar-refractivity contribution >= 4 is 11.3 Å². The normalized spacial score (nSPS) is 14.7. The molecule has 0 N–H and O–H groups in total. The Hall–Kier alpha value is -2.00. The Labute approximate surface area is 170 Å². The van der Waals surface area contributed by atoms with E-state index in [9.17, 15) is 8.78 Å². The van der Waals surface area contributed by atoms with Crippen LogP contribution in [0, 0.1) is 17.6 Å². The average molecular weight is 397 g/mol. The van der Waals surface area contributed by atoms with E-state index in [1.165, 1.54) is 36.1 Å². The van der Waals surface area contributed by atoms with Gasteiger partial charge in [-0.3, -0.25) is 0 Å². The number of benzene rings is 2. The molecule has 0 amide bonds. The predicted octanol–water partition coefficient (Wildman–Crippen LogP) is 8.05. The lowest BCUT2D eigenvalue weighted by Gasteiger charge is -2.09. The van der Waals surface area contributed by atoms with E-state index in [0.717, 1.165) is 35.6 Å². The molecule has 0 saturated heterocycles. The largest absolute Gasteiger partial charge is 0.203 e. The highest BCUT2D eigenvalue weighted by Crippen LogP contribution is 2.37. The van der Waals surface area contributed by atoms with Gasteiger partial charge in [-0.05, 0) is 48.1 Å². The summed E-state index contributed by atoms with van der Waals surface area (Å²) < 4.78 is 29.7.